The van der Waals surface area contributed by atoms with Gasteiger partial charge in [0, 0.05) is 5.69 Å². The molecule has 3 rings (SSSR count). The Balaban J connectivity index is 1.73. The summed E-state index contributed by atoms with van der Waals surface area (Å²) in [6.07, 6.45) is 2.01. The summed E-state index contributed by atoms with van der Waals surface area (Å²) in [5.74, 6) is -1.23. The van der Waals surface area contributed by atoms with Gasteiger partial charge in [0.1, 0.15) is 5.82 Å². The summed E-state index contributed by atoms with van der Waals surface area (Å²) in [7, 11) is 0. The Kier molecular flexibility index (Phi) is 5.35. The number of carbonyl (C=O) groups excluding carboxylic acids is 2. The molecule has 136 valence electrons. The molecule has 1 aliphatic carbocycles. The molecule has 0 saturated heterocycles. The highest BCUT2D eigenvalue weighted by molar-refractivity contribution is 5.96. The molecule has 0 heterocycles. The molecule has 1 atom stereocenters. The summed E-state index contributed by atoms with van der Waals surface area (Å²) in [6, 6.07) is 15.1. The minimum Gasteiger partial charge on any atom is -0.452 e. The van der Waals surface area contributed by atoms with Crippen LogP contribution in [0.4, 0.5) is 10.1 Å². The van der Waals surface area contributed by atoms with Crippen molar-refractivity contribution in [1.29, 1.82) is 0 Å². The van der Waals surface area contributed by atoms with Crippen LogP contribution in [0.15, 0.2) is 54.6 Å². The first kappa shape index (κ1) is 18.1. The Hall–Kier alpha value is -2.69. The standard InChI is InChI=1S/C21H22FNO3/c1-15(19(24)23-18-10-3-2-4-11-18)26-20(25)21(12-5-6-13-21)16-8-7-9-17(22)14-16/h2-4,7-11,14-15H,5-6,12-13H2,1H3,(H,23,24). The van der Waals surface area contributed by atoms with Gasteiger partial charge in [-0.05, 0) is 49.6 Å². The number of amides is 1. The molecule has 1 unspecified atom stereocenters. The van der Waals surface area contributed by atoms with Crippen molar-refractivity contribution in [2.75, 3.05) is 5.32 Å². The van der Waals surface area contributed by atoms with Crippen LogP contribution in [0.1, 0.15) is 38.2 Å². The minimum absolute atomic E-state index is 0.378. The van der Waals surface area contributed by atoms with E-state index >= 15 is 0 Å². The number of nitrogens with one attached hydrogen (secondary N) is 1. The van der Waals surface area contributed by atoms with Crippen LogP contribution < -0.4 is 5.32 Å². The zero-order valence-corrected chi connectivity index (χ0v) is 14.7. The fourth-order valence-electron chi connectivity index (χ4n) is 3.47. The second-order valence-corrected chi connectivity index (χ2v) is 6.70. The first-order valence-electron chi connectivity index (χ1n) is 8.84. The van der Waals surface area contributed by atoms with Gasteiger partial charge in [-0.3, -0.25) is 9.59 Å². The number of ether oxygens (including phenoxy) is 1. The Labute approximate surface area is 152 Å². The van der Waals surface area contributed by atoms with Crippen molar-refractivity contribution >= 4 is 17.6 Å². The summed E-state index contributed by atoms with van der Waals surface area (Å²) in [6.45, 7) is 1.55. The normalized spacial score (nSPS) is 16.7. The molecule has 2 aromatic carbocycles. The largest absolute Gasteiger partial charge is 0.452 e. The third-order valence-corrected chi connectivity index (χ3v) is 4.92. The predicted octanol–water partition coefficient (Wildman–Crippen LogP) is 4.21. The monoisotopic (exact) mass is 355 g/mol. The van der Waals surface area contributed by atoms with Crippen molar-refractivity contribution < 1.29 is 18.7 Å². The van der Waals surface area contributed by atoms with E-state index in [1.54, 1.807) is 31.2 Å². The van der Waals surface area contributed by atoms with Crippen molar-refractivity contribution in [1.82, 2.24) is 0 Å². The molecule has 0 bridgehead atoms. The van der Waals surface area contributed by atoms with E-state index in [1.807, 2.05) is 18.2 Å². The summed E-state index contributed by atoms with van der Waals surface area (Å²) in [4.78, 5) is 25.2. The smallest absolute Gasteiger partial charge is 0.317 e. The van der Waals surface area contributed by atoms with Gasteiger partial charge in [0.25, 0.3) is 5.91 Å². The molecule has 1 saturated carbocycles. The molecule has 0 aromatic heterocycles. The van der Waals surface area contributed by atoms with E-state index in [0.29, 0.717) is 24.1 Å². The lowest BCUT2D eigenvalue weighted by Gasteiger charge is -2.28. The fraction of sp³-hybridized carbons (Fsp3) is 0.333. The van der Waals surface area contributed by atoms with Crippen LogP contribution in [-0.2, 0) is 19.7 Å². The van der Waals surface area contributed by atoms with E-state index < -0.39 is 23.4 Å². The molecule has 0 spiro atoms. The molecule has 0 aliphatic heterocycles. The number of esters is 1. The van der Waals surface area contributed by atoms with Crippen molar-refractivity contribution in [2.24, 2.45) is 0 Å². The fourth-order valence-corrected chi connectivity index (χ4v) is 3.47. The Bertz CT molecular complexity index is 785. The number of benzene rings is 2. The first-order valence-corrected chi connectivity index (χ1v) is 8.84. The Morgan fingerprint density at radius 3 is 2.42 bits per heavy atom. The number of carbonyl (C=O) groups is 2. The van der Waals surface area contributed by atoms with Crippen molar-refractivity contribution in [2.45, 2.75) is 44.1 Å². The number of hydrogen-bond donors (Lipinski definition) is 1. The molecular formula is C21H22FNO3. The molecule has 1 aliphatic rings. The lowest BCUT2D eigenvalue weighted by Crippen LogP contribution is -2.40. The number of rotatable bonds is 5. The quantitative estimate of drug-likeness (QED) is 0.818. The van der Waals surface area contributed by atoms with Crippen molar-refractivity contribution in [3.8, 4) is 0 Å². The average molecular weight is 355 g/mol. The highest BCUT2D eigenvalue weighted by Crippen LogP contribution is 2.42. The van der Waals surface area contributed by atoms with E-state index in [0.717, 1.165) is 12.8 Å². The van der Waals surface area contributed by atoms with Crippen LogP contribution in [0.2, 0.25) is 0 Å². The number of hydrogen-bond acceptors (Lipinski definition) is 3. The van der Waals surface area contributed by atoms with Crippen LogP contribution in [0.25, 0.3) is 0 Å². The van der Waals surface area contributed by atoms with Gasteiger partial charge in [-0.1, -0.05) is 43.2 Å². The second-order valence-electron chi connectivity index (χ2n) is 6.70. The van der Waals surface area contributed by atoms with E-state index in [4.69, 9.17) is 4.74 Å². The van der Waals surface area contributed by atoms with E-state index in [-0.39, 0.29) is 5.82 Å². The summed E-state index contributed by atoms with van der Waals surface area (Å²) < 4.78 is 19.2. The van der Waals surface area contributed by atoms with Gasteiger partial charge in [0.05, 0.1) is 5.41 Å². The van der Waals surface area contributed by atoms with Gasteiger partial charge in [-0.15, -0.1) is 0 Å². The number of anilines is 1. The SMILES string of the molecule is CC(OC(=O)C1(c2cccc(F)c2)CCCC1)C(=O)Nc1ccccc1. The molecule has 4 nitrogen and oxygen atoms in total. The van der Waals surface area contributed by atoms with Gasteiger partial charge >= 0.3 is 5.97 Å². The molecule has 1 N–H and O–H groups in total. The zero-order chi connectivity index (χ0) is 18.6. The zero-order valence-electron chi connectivity index (χ0n) is 14.7. The molecule has 1 fully saturated rings. The van der Waals surface area contributed by atoms with Gasteiger partial charge < -0.3 is 10.1 Å². The van der Waals surface area contributed by atoms with Gasteiger partial charge in [-0.25, -0.2) is 4.39 Å². The topological polar surface area (TPSA) is 55.4 Å². The van der Waals surface area contributed by atoms with Gasteiger partial charge in [0.15, 0.2) is 6.10 Å². The molecular weight excluding hydrogens is 333 g/mol. The summed E-state index contributed by atoms with van der Waals surface area (Å²) in [5.41, 5.74) is 0.389. The highest BCUT2D eigenvalue weighted by Gasteiger charge is 2.45. The maximum Gasteiger partial charge on any atom is 0.317 e. The maximum atomic E-state index is 13.7. The summed E-state index contributed by atoms with van der Waals surface area (Å²) in [5, 5.41) is 2.72. The first-order chi connectivity index (χ1) is 12.5. The van der Waals surface area contributed by atoms with E-state index in [9.17, 15) is 14.0 Å². The van der Waals surface area contributed by atoms with Crippen LogP contribution in [0, 0.1) is 5.82 Å². The lowest BCUT2D eigenvalue weighted by atomic mass is 9.79. The van der Waals surface area contributed by atoms with Crippen molar-refractivity contribution in [3.05, 3.63) is 66.0 Å². The third-order valence-electron chi connectivity index (χ3n) is 4.92. The van der Waals surface area contributed by atoms with Gasteiger partial charge in [0.2, 0.25) is 0 Å². The van der Waals surface area contributed by atoms with Crippen LogP contribution in [-0.4, -0.2) is 18.0 Å². The van der Waals surface area contributed by atoms with Crippen LogP contribution in [0.3, 0.4) is 0 Å². The maximum absolute atomic E-state index is 13.7. The molecule has 5 heteroatoms. The molecule has 26 heavy (non-hydrogen) atoms. The molecule has 2 aromatic rings. The summed E-state index contributed by atoms with van der Waals surface area (Å²) >= 11 is 0. The minimum atomic E-state index is -0.936. The molecule has 1 amide bonds. The average Bonchev–Trinajstić information content (AvgIpc) is 3.13. The van der Waals surface area contributed by atoms with E-state index in [1.165, 1.54) is 12.1 Å². The lowest BCUT2D eigenvalue weighted by molar-refractivity contribution is -0.159. The third kappa shape index (κ3) is 3.77. The van der Waals surface area contributed by atoms with Crippen LogP contribution in [0.5, 0.6) is 0 Å². The molecule has 0 radical (unpaired) electrons. The number of para-hydroxylation sites is 1. The number of halogens is 1. The van der Waals surface area contributed by atoms with Gasteiger partial charge in [-0.2, -0.15) is 0 Å². The highest BCUT2D eigenvalue weighted by atomic mass is 19.1. The Morgan fingerprint density at radius 2 is 1.77 bits per heavy atom. The van der Waals surface area contributed by atoms with E-state index in [2.05, 4.69) is 5.32 Å². The Morgan fingerprint density at radius 1 is 1.08 bits per heavy atom. The second kappa shape index (κ2) is 7.68. The predicted molar refractivity (Wildman–Crippen MR) is 97.2 cm³/mol. The van der Waals surface area contributed by atoms with Crippen molar-refractivity contribution in [3.63, 3.8) is 0 Å². The van der Waals surface area contributed by atoms with Crippen LogP contribution >= 0.6 is 0 Å².